The van der Waals surface area contributed by atoms with Crippen molar-refractivity contribution in [2.45, 2.75) is 18.1 Å². The summed E-state index contributed by atoms with van der Waals surface area (Å²) >= 11 is 0.860. The summed E-state index contributed by atoms with van der Waals surface area (Å²) in [5, 5.41) is 4.99. The van der Waals surface area contributed by atoms with Crippen molar-refractivity contribution in [1.82, 2.24) is 15.6 Å². The van der Waals surface area contributed by atoms with Crippen molar-refractivity contribution in [1.29, 1.82) is 0 Å². The van der Waals surface area contributed by atoms with E-state index in [4.69, 9.17) is 4.74 Å². The van der Waals surface area contributed by atoms with Gasteiger partial charge >= 0.3 is 0 Å². The van der Waals surface area contributed by atoms with Crippen LogP contribution in [-0.2, 0) is 16.0 Å². The number of aromatic nitrogens is 1. The molecule has 1 fully saturated rings. The van der Waals surface area contributed by atoms with Crippen LogP contribution < -0.4 is 15.4 Å². The summed E-state index contributed by atoms with van der Waals surface area (Å²) in [7, 11) is 1.62. The maximum absolute atomic E-state index is 11.9. The van der Waals surface area contributed by atoms with Crippen LogP contribution in [0.4, 0.5) is 4.79 Å². The number of fused-ring (bicyclic) bond motifs is 1. The van der Waals surface area contributed by atoms with Gasteiger partial charge in [-0.1, -0.05) is 11.8 Å². The molecule has 2 heterocycles. The lowest BCUT2D eigenvalue weighted by atomic mass is 10.1. The topological polar surface area (TPSA) is 100 Å². The normalized spacial score (nSPS) is 17.1. The van der Waals surface area contributed by atoms with Crippen molar-refractivity contribution < 1.29 is 19.1 Å². The quantitative estimate of drug-likeness (QED) is 0.737. The van der Waals surface area contributed by atoms with E-state index >= 15 is 0 Å². The number of benzene rings is 1. The minimum atomic E-state index is -0.630. The van der Waals surface area contributed by atoms with Crippen molar-refractivity contribution in [2.24, 2.45) is 0 Å². The number of ether oxygens (including phenoxy) is 1. The first-order valence-electron chi connectivity index (χ1n) is 7.49. The molecule has 3 N–H and O–H groups in total. The number of amides is 3. The predicted octanol–water partition coefficient (Wildman–Crippen LogP) is 1.58. The van der Waals surface area contributed by atoms with E-state index in [0.717, 1.165) is 34.0 Å². The van der Waals surface area contributed by atoms with Gasteiger partial charge in [-0.3, -0.25) is 19.7 Å². The number of aromatic amines is 1. The largest absolute Gasteiger partial charge is 0.497 e. The standard InChI is InChI=1S/C16H17N3O4S/c1-23-10-2-3-12-11(6-10)9(8-18-12)4-5-17-14(20)7-13-15(21)19-16(22)24-13/h2-3,6,8,13,18H,4-5,7H2,1H3,(H,17,20)(H,19,21,22). The maximum Gasteiger partial charge on any atom is 0.286 e. The zero-order chi connectivity index (χ0) is 17.1. The van der Waals surface area contributed by atoms with Crippen LogP contribution in [0, 0.1) is 0 Å². The molecule has 1 unspecified atom stereocenters. The third-order valence-corrected chi connectivity index (χ3v) is 4.81. The smallest absolute Gasteiger partial charge is 0.286 e. The summed E-state index contributed by atoms with van der Waals surface area (Å²) in [5.41, 5.74) is 2.09. The second-order valence-electron chi connectivity index (χ2n) is 5.41. The van der Waals surface area contributed by atoms with Crippen LogP contribution in [0.5, 0.6) is 5.75 Å². The summed E-state index contributed by atoms with van der Waals surface area (Å²) in [6.45, 7) is 0.454. The molecule has 8 heteroatoms. The molecule has 24 heavy (non-hydrogen) atoms. The Labute approximate surface area is 142 Å². The summed E-state index contributed by atoms with van der Waals surface area (Å²) < 4.78 is 5.23. The van der Waals surface area contributed by atoms with Gasteiger partial charge in [-0.15, -0.1) is 0 Å². The molecule has 3 rings (SSSR count). The van der Waals surface area contributed by atoms with E-state index in [1.807, 2.05) is 24.4 Å². The van der Waals surface area contributed by atoms with Gasteiger partial charge in [0.25, 0.3) is 5.24 Å². The molecule has 1 aliphatic heterocycles. The van der Waals surface area contributed by atoms with Gasteiger partial charge in [-0.2, -0.15) is 0 Å². The number of carbonyl (C=O) groups is 3. The average Bonchev–Trinajstić information content (AvgIpc) is 3.10. The molecular weight excluding hydrogens is 330 g/mol. The zero-order valence-electron chi connectivity index (χ0n) is 13.0. The lowest BCUT2D eigenvalue weighted by molar-refractivity contribution is -0.125. The van der Waals surface area contributed by atoms with Crippen LogP contribution in [0.2, 0.25) is 0 Å². The molecule has 0 radical (unpaired) electrons. The van der Waals surface area contributed by atoms with Crippen LogP contribution in [0.1, 0.15) is 12.0 Å². The average molecular weight is 347 g/mol. The van der Waals surface area contributed by atoms with E-state index in [1.165, 1.54) is 0 Å². The molecule has 1 saturated heterocycles. The Morgan fingerprint density at radius 3 is 2.92 bits per heavy atom. The van der Waals surface area contributed by atoms with Gasteiger partial charge < -0.3 is 15.0 Å². The Kier molecular flexibility index (Phi) is 4.75. The fourth-order valence-electron chi connectivity index (χ4n) is 2.60. The number of methoxy groups -OCH3 is 1. The highest BCUT2D eigenvalue weighted by molar-refractivity contribution is 8.15. The SMILES string of the molecule is COc1ccc2[nH]cc(CCNC(=O)CC3SC(=O)NC3=O)c2c1. The van der Waals surface area contributed by atoms with Gasteiger partial charge in [0.1, 0.15) is 11.0 Å². The molecule has 0 spiro atoms. The second-order valence-corrected chi connectivity index (χ2v) is 6.59. The van der Waals surface area contributed by atoms with Gasteiger partial charge in [-0.25, -0.2) is 0 Å². The van der Waals surface area contributed by atoms with E-state index in [-0.39, 0.29) is 12.3 Å². The third-order valence-electron chi connectivity index (χ3n) is 3.83. The number of rotatable bonds is 6. The monoisotopic (exact) mass is 347 g/mol. The highest BCUT2D eigenvalue weighted by Crippen LogP contribution is 2.24. The molecule has 0 bridgehead atoms. The lowest BCUT2D eigenvalue weighted by Crippen LogP contribution is -2.32. The van der Waals surface area contributed by atoms with Crippen molar-refractivity contribution >= 4 is 39.7 Å². The van der Waals surface area contributed by atoms with E-state index in [2.05, 4.69) is 15.6 Å². The van der Waals surface area contributed by atoms with E-state index in [9.17, 15) is 14.4 Å². The minimum Gasteiger partial charge on any atom is -0.497 e. The Balaban J connectivity index is 1.54. The molecule has 1 aromatic heterocycles. The highest BCUT2D eigenvalue weighted by atomic mass is 32.2. The molecule has 1 atom stereocenters. The van der Waals surface area contributed by atoms with Crippen molar-refractivity contribution in [2.75, 3.05) is 13.7 Å². The number of H-pyrrole nitrogens is 1. The number of hydrogen-bond donors (Lipinski definition) is 3. The van der Waals surface area contributed by atoms with Gasteiger partial charge in [0.2, 0.25) is 11.8 Å². The Morgan fingerprint density at radius 2 is 2.21 bits per heavy atom. The molecular formula is C16H17N3O4S. The van der Waals surface area contributed by atoms with E-state index in [0.29, 0.717) is 13.0 Å². The van der Waals surface area contributed by atoms with Crippen molar-refractivity contribution in [3.05, 3.63) is 30.0 Å². The number of nitrogens with one attached hydrogen (secondary N) is 3. The molecule has 7 nitrogen and oxygen atoms in total. The van der Waals surface area contributed by atoms with Gasteiger partial charge in [0.05, 0.1) is 7.11 Å². The number of imide groups is 1. The fourth-order valence-corrected chi connectivity index (χ4v) is 3.41. The molecule has 0 aliphatic carbocycles. The molecule has 1 aliphatic rings. The molecule has 3 amide bonds. The number of hydrogen-bond acceptors (Lipinski definition) is 5. The van der Waals surface area contributed by atoms with Crippen molar-refractivity contribution in [3.8, 4) is 5.75 Å². The van der Waals surface area contributed by atoms with Crippen LogP contribution >= 0.6 is 11.8 Å². The van der Waals surface area contributed by atoms with Crippen LogP contribution in [0.3, 0.4) is 0 Å². The lowest BCUT2D eigenvalue weighted by Gasteiger charge is -2.07. The molecule has 1 aromatic carbocycles. The van der Waals surface area contributed by atoms with Crippen LogP contribution in [0.25, 0.3) is 10.9 Å². The maximum atomic E-state index is 11.9. The number of carbonyl (C=O) groups excluding carboxylic acids is 3. The first-order chi connectivity index (χ1) is 11.6. The van der Waals surface area contributed by atoms with Gasteiger partial charge in [-0.05, 0) is 30.2 Å². The van der Waals surface area contributed by atoms with Gasteiger partial charge in [0.15, 0.2) is 0 Å². The zero-order valence-corrected chi connectivity index (χ0v) is 13.9. The summed E-state index contributed by atoms with van der Waals surface area (Å²) in [5.74, 6) is 0.139. The predicted molar refractivity (Wildman–Crippen MR) is 91.1 cm³/mol. The highest BCUT2D eigenvalue weighted by Gasteiger charge is 2.33. The van der Waals surface area contributed by atoms with Crippen LogP contribution in [-0.4, -0.2) is 40.9 Å². The van der Waals surface area contributed by atoms with E-state index in [1.54, 1.807) is 7.11 Å². The Morgan fingerprint density at radius 1 is 1.38 bits per heavy atom. The van der Waals surface area contributed by atoms with E-state index < -0.39 is 16.4 Å². The second kappa shape index (κ2) is 6.96. The Hall–Kier alpha value is -2.48. The Bertz CT molecular complexity index is 802. The summed E-state index contributed by atoms with van der Waals surface area (Å²) in [4.78, 5) is 37.6. The molecule has 126 valence electrons. The minimum absolute atomic E-state index is 0.00392. The third kappa shape index (κ3) is 3.53. The first-order valence-corrected chi connectivity index (χ1v) is 8.37. The van der Waals surface area contributed by atoms with Crippen LogP contribution in [0.15, 0.2) is 24.4 Å². The summed E-state index contributed by atoms with van der Waals surface area (Å²) in [6, 6.07) is 5.79. The molecule has 2 aromatic rings. The van der Waals surface area contributed by atoms with Crippen molar-refractivity contribution in [3.63, 3.8) is 0 Å². The first kappa shape index (κ1) is 16.4. The summed E-state index contributed by atoms with van der Waals surface area (Å²) in [6.07, 6.45) is 2.57. The van der Waals surface area contributed by atoms with Gasteiger partial charge in [0, 0.05) is 30.1 Å². The molecule has 0 saturated carbocycles. The fraction of sp³-hybridized carbons (Fsp3) is 0.312. The number of thioether (sulfide) groups is 1.